The van der Waals surface area contributed by atoms with Gasteiger partial charge >= 0.3 is 0 Å². The highest BCUT2D eigenvalue weighted by Gasteiger charge is 2.29. The lowest BCUT2D eigenvalue weighted by Crippen LogP contribution is -2.50. The molecule has 0 aromatic heterocycles. The van der Waals surface area contributed by atoms with Gasteiger partial charge in [-0.05, 0) is 30.7 Å². The Morgan fingerprint density at radius 2 is 1.72 bits per heavy atom. The number of carbonyl (C=O) groups excluding carboxylic acids is 1. The highest BCUT2D eigenvalue weighted by Crippen LogP contribution is 2.19. The van der Waals surface area contributed by atoms with Crippen LogP contribution in [0.25, 0.3) is 6.08 Å². The van der Waals surface area contributed by atoms with Crippen LogP contribution in [0.3, 0.4) is 0 Å². The Balaban J connectivity index is 1.61. The summed E-state index contributed by atoms with van der Waals surface area (Å²) in [6.07, 6.45) is 2.87. The maximum absolute atomic E-state index is 12.7. The Hall–Kier alpha value is -3.04. The van der Waals surface area contributed by atoms with Crippen molar-refractivity contribution in [3.63, 3.8) is 0 Å². The predicted molar refractivity (Wildman–Crippen MR) is 109 cm³/mol. The minimum atomic E-state index is -3.58. The maximum atomic E-state index is 12.7. The third kappa shape index (κ3) is 4.87. The normalized spacial score (nSPS) is 15.6. The zero-order valence-electron chi connectivity index (χ0n) is 15.9. The summed E-state index contributed by atoms with van der Waals surface area (Å²) in [5.41, 5.74) is 1.48. The molecule has 3 rings (SSSR count). The first-order valence-corrected chi connectivity index (χ1v) is 10.5. The Morgan fingerprint density at radius 3 is 2.34 bits per heavy atom. The summed E-state index contributed by atoms with van der Waals surface area (Å²) >= 11 is 0. The van der Waals surface area contributed by atoms with E-state index in [2.05, 4.69) is 0 Å². The maximum Gasteiger partial charge on any atom is 0.270 e. The molecule has 9 heteroatoms. The van der Waals surface area contributed by atoms with E-state index in [9.17, 15) is 23.3 Å². The van der Waals surface area contributed by atoms with Gasteiger partial charge in [0.25, 0.3) is 5.69 Å². The molecule has 152 valence electrons. The number of amides is 1. The van der Waals surface area contributed by atoms with Gasteiger partial charge in [-0.15, -0.1) is 0 Å². The number of nitrogens with zero attached hydrogens (tertiary/aromatic N) is 3. The molecule has 8 nitrogen and oxygen atoms in total. The largest absolute Gasteiger partial charge is 0.337 e. The number of carbonyl (C=O) groups is 1. The van der Waals surface area contributed by atoms with Crippen molar-refractivity contribution in [2.24, 2.45) is 0 Å². The molecular weight excluding hydrogens is 394 g/mol. The van der Waals surface area contributed by atoms with Crippen LogP contribution in [0.2, 0.25) is 0 Å². The van der Waals surface area contributed by atoms with Crippen LogP contribution in [-0.4, -0.2) is 54.6 Å². The molecule has 29 heavy (non-hydrogen) atoms. The Labute approximate surface area is 169 Å². The number of benzene rings is 2. The van der Waals surface area contributed by atoms with Crippen molar-refractivity contribution in [3.05, 3.63) is 75.8 Å². The number of nitro benzene ring substituents is 1. The van der Waals surface area contributed by atoms with Gasteiger partial charge < -0.3 is 4.90 Å². The van der Waals surface area contributed by atoms with Crippen LogP contribution in [-0.2, 0) is 14.8 Å². The van der Waals surface area contributed by atoms with Crippen LogP contribution < -0.4 is 0 Å². The first-order chi connectivity index (χ1) is 13.8. The molecule has 1 saturated heterocycles. The first-order valence-electron chi connectivity index (χ1n) is 9.05. The molecule has 1 aliphatic heterocycles. The topological polar surface area (TPSA) is 101 Å². The van der Waals surface area contributed by atoms with Crippen molar-refractivity contribution in [3.8, 4) is 0 Å². The number of sulfonamides is 1. The van der Waals surface area contributed by atoms with Gasteiger partial charge in [0.05, 0.1) is 9.82 Å². The van der Waals surface area contributed by atoms with Gasteiger partial charge in [0, 0.05) is 44.4 Å². The number of rotatable bonds is 5. The smallest absolute Gasteiger partial charge is 0.270 e. The Morgan fingerprint density at radius 1 is 1.07 bits per heavy atom. The lowest BCUT2D eigenvalue weighted by atomic mass is 10.2. The van der Waals surface area contributed by atoms with Gasteiger partial charge in [0.15, 0.2) is 0 Å². The average molecular weight is 415 g/mol. The molecule has 0 aliphatic carbocycles. The summed E-state index contributed by atoms with van der Waals surface area (Å²) in [7, 11) is -3.58. The van der Waals surface area contributed by atoms with Crippen LogP contribution in [0.4, 0.5) is 5.69 Å². The van der Waals surface area contributed by atoms with E-state index in [1.165, 1.54) is 28.6 Å². The number of nitro groups is 1. The van der Waals surface area contributed by atoms with Crippen LogP contribution in [0, 0.1) is 17.0 Å². The lowest BCUT2D eigenvalue weighted by molar-refractivity contribution is -0.384. The SMILES string of the molecule is Cc1ccc(S(=O)(=O)N2CCN(C(=O)/C=C/c3cccc([N+](=O)[O-])c3)CC2)cc1. The summed E-state index contributed by atoms with van der Waals surface area (Å²) < 4.78 is 26.8. The zero-order valence-corrected chi connectivity index (χ0v) is 16.7. The molecule has 0 bridgehead atoms. The molecular formula is C20H21N3O5S. The molecule has 0 saturated carbocycles. The Bertz CT molecular complexity index is 1040. The number of hydrogen-bond donors (Lipinski definition) is 0. The molecule has 0 N–H and O–H groups in total. The molecule has 2 aromatic rings. The van der Waals surface area contributed by atoms with Crippen molar-refractivity contribution < 1.29 is 18.1 Å². The molecule has 1 fully saturated rings. The molecule has 0 unspecified atom stereocenters. The van der Waals surface area contributed by atoms with Crippen LogP contribution >= 0.6 is 0 Å². The fraction of sp³-hybridized carbons (Fsp3) is 0.250. The quantitative estimate of drug-likeness (QED) is 0.424. The summed E-state index contributed by atoms with van der Waals surface area (Å²) in [6.45, 7) is 2.88. The van der Waals surface area contributed by atoms with Crippen LogP contribution in [0.1, 0.15) is 11.1 Å². The standard InChI is InChI=1S/C20H21N3O5S/c1-16-5-8-19(9-6-16)29(27,28)22-13-11-21(12-14-22)20(24)10-7-17-3-2-4-18(15-17)23(25)26/h2-10,15H,11-14H2,1H3/b10-7+. The van der Waals surface area contributed by atoms with E-state index in [0.29, 0.717) is 5.56 Å². The fourth-order valence-electron chi connectivity index (χ4n) is 3.02. The van der Waals surface area contributed by atoms with E-state index in [1.54, 1.807) is 41.3 Å². The Kier molecular flexibility index (Phi) is 6.09. The summed E-state index contributed by atoms with van der Waals surface area (Å²) in [6, 6.07) is 12.7. The molecule has 0 spiro atoms. The van der Waals surface area contributed by atoms with E-state index < -0.39 is 14.9 Å². The van der Waals surface area contributed by atoms with Gasteiger partial charge in [-0.1, -0.05) is 29.8 Å². The molecule has 1 aliphatic rings. The van der Waals surface area contributed by atoms with Crippen molar-refractivity contribution in [2.45, 2.75) is 11.8 Å². The highest BCUT2D eigenvalue weighted by atomic mass is 32.2. The van der Waals surface area contributed by atoms with E-state index in [1.807, 2.05) is 6.92 Å². The van der Waals surface area contributed by atoms with E-state index in [4.69, 9.17) is 0 Å². The second-order valence-corrected chi connectivity index (χ2v) is 8.67. The summed E-state index contributed by atoms with van der Waals surface area (Å²) in [5.74, 6) is -0.260. The van der Waals surface area contributed by atoms with Crippen molar-refractivity contribution >= 4 is 27.7 Å². The van der Waals surface area contributed by atoms with E-state index in [-0.39, 0.29) is 42.7 Å². The minimum Gasteiger partial charge on any atom is -0.337 e. The highest BCUT2D eigenvalue weighted by molar-refractivity contribution is 7.89. The van der Waals surface area contributed by atoms with Crippen molar-refractivity contribution in [1.82, 2.24) is 9.21 Å². The first kappa shape index (κ1) is 20.7. The van der Waals surface area contributed by atoms with E-state index in [0.717, 1.165) is 5.56 Å². The van der Waals surface area contributed by atoms with Crippen LogP contribution in [0.15, 0.2) is 59.5 Å². The fourth-order valence-corrected chi connectivity index (χ4v) is 4.45. The lowest BCUT2D eigenvalue weighted by Gasteiger charge is -2.33. The minimum absolute atomic E-state index is 0.0467. The zero-order chi connectivity index (χ0) is 21.0. The van der Waals surface area contributed by atoms with Crippen molar-refractivity contribution in [2.75, 3.05) is 26.2 Å². The summed E-state index contributed by atoms with van der Waals surface area (Å²) in [5, 5.41) is 10.8. The van der Waals surface area contributed by atoms with Gasteiger partial charge in [-0.2, -0.15) is 4.31 Å². The second-order valence-electron chi connectivity index (χ2n) is 6.73. The van der Waals surface area contributed by atoms with Gasteiger partial charge in [-0.3, -0.25) is 14.9 Å². The number of hydrogen-bond acceptors (Lipinski definition) is 5. The predicted octanol–water partition coefficient (Wildman–Crippen LogP) is 2.45. The number of non-ortho nitro benzene ring substituents is 1. The number of piperazine rings is 1. The molecule has 0 atom stereocenters. The van der Waals surface area contributed by atoms with Crippen LogP contribution in [0.5, 0.6) is 0 Å². The third-order valence-electron chi connectivity index (χ3n) is 4.71. The van der Waals surface area contributed by atoms with Crippen molar-refractivity contribution in [1.29, 1.82) is 0 Å². The molecule has 1 heterocycles. The van der Waals surface area contributed by atoms with E-state index >= 15 is 0 Å². The summed E-state index contributed by atoms with van der Waals surface area (Å²) in [4.78, 5) is 24.5. The number of aryl methyl sites for hydroxylation is 1. The monoisotopic (exact) mass is 415 g/mol. The van der Waals surface area contributed by atoms with Gasteiger partial charge in [-0.25, -0.2) is 8.42 Å². The van der Waals surface area contributed by atoms with Gasteiger partial charge in [0.1, 0.15) is 0 Å². The molecule has 0 radical (unpaired) electrons. The third-order valence-corrected chi connectivity index (χ3v) is 6.62. The molecule has 1 amide bonds. The molecule has 2 aromatic carbocycles. The average Bonchev–Trinajstić information content (AvgIpc) is 2.72. The van der Waals surface area contributed by atoms with Gasteiger partial charge in [0.2, 0.25) is 15.9 Å². The second kappa shape index (κ2) is 8.54.